The summed E-state index contributed by atoms with van der Waals surface area (Å²) in [5, 5.41) is 7.72. The average Bonchev–Trinajstić information content (AvgIpc) is 3.24. The molecule has 1 aromatic heterocycles. The first-order chi connectivity index (χ1) is 19.0. The molecular weight excluding hydrogens is 561 g/mol. The highest BCUT2D eigenvalue weighted by Crippen LogP contribution is 2.40. The number of thiophene rings is 1. The molecular formula is C29H34F4N3O2PS. The van der Waals surface area contributed by atoms with Crippen molar-refractivity contribution in [2.24, 2.45) is 0 Å². The molecule has 5 nitrogen and oxygen atoms in total. The van der Waals surface area contributed by atoms with Gasteiger partial charge in [-0.25, -0.2) is 4.39 Å². The van der Waals surface area contributed by atoms with Crippen LogP contribution in [-0.2, 0) is 11.0 Å². The van der Waals surface area contributed by atoms with Gasteiger partial charge in [0.1, 0.15) is 12.9 Å². The Morgan fingerprint density at radius 3 is 2.55 bits per heavy atom. The number of alkyl halides is 4. The van der Waals surface area contributed by atoms with E-state index in [0.717, 1.165) is 42.9 Å². The van der Waals surface area contributed by atoms with Gasteiger partial charge in [-0.3, -0.25) is 0 Å². The number of anilines is 2. The quantitative estimate of drug-likeness (QED) is 0.160. The molecule has 1 fully saturated rings. The van der Waals surface area contributed by atoms with Crippen LogP contribution >= 0.6 is 18.5 Å². The summed E-state index contributed by atoms with van der Waals surface area (Å²) in [6.45, 7) is 7.41. The topological polar surface area (TPSA) is 53.6 Å². The third-order valence-corrected chi connectivity index (χ3v) is 9.67. The molecule has 0 atom stereocenters. The van der Waals surface area contributed by atoms with E-state index in [9.17, 15) is 22.1 Å². The molecule has 0 unspecified atom stereocenters. The molecule has 1 aliphatic rings. The highest BCUT2D eigenvalue weighted by Gasteiger charge is 2.31. The molecule has 3 aromatic rings. The van der Waals surface area contributed by atoms with Gasteiger partial charge in [0.25, 0.3) is 0 Å². The second-order valence-corrected chi connectivity index (χ2v) is 14.4. The first kappa shape index (κ1) is 30.2. The Labute approximate surface area is 236 Å². The van der Waals surface area contributed by atoms with Crippen LogP contribution in [0.3, 0.4) is 0 Å². The van der Waals surface area contributed by atoms with E-state index in [1.54, 1.807) is 37.6 Å². The number of halogens is 4. The minimum Gasteiger partial charge on any atom is -0.461 e. The minimum absolute atomic E-state index is 0.0959. The van der Waals surface area contributed by atoms with Crippen molar-refractivity contribution < 1.29 is 26.9 Å². The first-order valence-corrected chi connectivity index (χ1v) is 16.6. The molecule has 0 radical (unpaired) electrons. The van der Waals surface area contributed by atoms with Crippen LogP contribution in [0.5, 0.6) is 5.75 Å². The average molecular weight is 596 g/mol. The standard InChI is InChI=1S/C29H34F4N3O2PS/c1-4-36-15-12-20(13-16-36)35-25-8-5-7-22-23(18-29(31,32)33)27(40-28(22)25)9-6-14-34-24-11-10-21(39(2,3)37)17-26(24)38-19-30/h5,7-8,10-11,17,20,34-35H,4,12-16,18-19H2,1-3H3. The van der Waals surface area contributed by atoms with Crippen molar-refractivity contribution in [2.75, 3.05) is 57.0 Å². The van der Waals surface area contributed by atoms with E-state index >= 15 is 0 Å². The van der Waals surface area contributed by atoms with Crippen LogP contribution in [0.4, 0.5) is 28.9 Å². The van der Waals surface area contributed by atoms with E-state index in [1.807, 2.05) is 6.07 Å². The fraction of sp³-hybridized carbons (Fsp3) is 0.448. The molecule has 4 rings (SSSR count). The third-order valence-electron chi connectivity index (χ3n) is 6.96. The second-order valence-electron chi connectivity index (χ2n) is 10.2. The summed E-state index contributed by atoms with van der Waals surface area (Å²) in [5.41, 5.74) is 1.47. The van der Waals surface area contributed by atoms with Crippen molar-refractivity contribution in [3.8, 4) is 17.6 Å². The largest absolute Gasteiger partial charge is 0.461 e. The summed E-state index contributed by atoms with van der Waals surface area (Å²) in [6, 6.07) is 10.5. The number of likely N-dealkylation sites (tertiary alicyclic amines) is 1. The van der Waals surface area contributed by atoms with Crippen LogP contribution in [0.15, 0.2) is 36.4 Å². The van der Waals surface area contributed by atoms with Crippen LogP contribution in [-0.4, -0.2) is 63.5 Å². The van der Waals surface area contributed by atoms with Crippen molar-refractivity contribution in [1.82, 2.24) is 4.90 Å². The zero-order valence-electron chi connectivity index (χ0n) is 22.8. The van der Waals surface area contributed by atoms with Crippen LogP contribution in [0.2, 0.25) is 0 Å². The zero-order valence-corrected chi connectivity index (χ0v) is 24.5. The van der Waals surface area contributed by atoms with Gasteiger partial charge in [0, 0.05) is 24.4 Å². The lowest BCUT2D eigenvalue weighted by atomic mass is 10.0. The smallest absolute Gasteiger partial charge is 0.393 e. The SMILES string of the molecule is CCN1CCC(Nc2cccc3c(CC(F)(F)F)c(C#CCNc4ccc(P(C)(C)=O)cc4OCF)sc23)CC1. The summed E-state index contributed by atoms with van der Waals surface area (Å²) >= 11 is 1.27. The number of fused-ring (bicyclic) bond motifs is 1. The van der Waals surface area contributed by atoms with E-state index < -0.39 is 26.6 Å². The maximum Gasteiger partial charge on any atom is 0.393 e. The van der Waals surface area contributed by atoms with E-state index in [-0.39, 0.29) is 23.9 Å². The number of rotatable bonds is 9. The summed E-state index contributed by atoms with van der Waals surface area (Å²) < 4.78 is 71.9. The van der Waals surface area contributed by atoms with E-state index in [2.05, 4.69) is 34.3 Å². The Morgan fingerprint density at radius 1 is 1.15 bits per heavy atom. The lowest BCUT2D eigenvalue weighted by Gasteiger charge is -2.32. The van der Waals surface area contributed by atoms with Gasteiger partial charge in [-0.2, -0.15) is 13.2 Å². The summed E-state index contributed by atoms with van der Waals surface area (Å²) in [4.78, 5) is 2.76. The van der Waals surface area contributed by atoms with Gasteiger partial charge < -0.3 is 24.8 Å². The Hall–Kier alpha value is -2.73. The maximum absolute atomic E-state index is 13.6. The normalized spacial score (nSPS) is 15.1. The Morgan fingerprint density at radius 2 is 1.90 bits per heavy atom. The molecule has 0 amide bonds. The van der Waals surface area contributed by atoms with Crippen molar-refractivity contribution >= 4 is 45.2 Å². The van der Waals surface area contributed by atoms with Crippen molar-refractivity contribution in [3.05, 3.63) is 46.8 Å². The van der Waals surface area contributed by atoms with Crippen LogP contribution in [0.1, 0.15) is 30.2 Å². The summed E-state index contributed by atoms with van der Waals surface area (Å²) in [6.07, 6.45) is -3.48. The van der Waals surface area contributed by atoms with E-state index in [4.69, 9.17) is 4.74 Å². The fourth-order valence-corrected chi connectivity index (χ4v) is 6.84. The van der Waals surface area contributed by atoms with E-state index in [1.165, 1.54) is 17.4 Å². The molecule has 2 N–H and O–H groups in total. The van der Waals surface area contributed by atoms with Crippen molar-refractivity contribution in [3.63, 3.8) is 0 Å². The number of ether oxygens (including phenoxy) is 1. The van der Waals surface area contributed by atoms with Gasteiger partial charge in [0.15, 0.2) is 0 Å². The van der Waals surface area contributed by atoms with Gasteiger partial charge in [0.2, 0.25) is 6.86 Å². The van der Waals surface area contributed by atoms with Crippen LogP contribution < -0.4 is 20.7 Å². The maximum atomic E-state index is 13.6. The van der Waals surface area contributed by atoms with Gasteiger partial charge in [-0.1, -0.05) is 30.9 Å². The molecule has 2 heterocycles. The Bertz CT molecular complexity index is 1430. The Balaban J connectivity index is 1.58. The third kappa shape index (κ3) is 7.72. The van der Waals surface area contributed by atoms with Gasteiger partial charge in [0.05, 0.1) is 33.9 Å². The first-order valence-electron chi connectivity index (χ1n) is 13.2. The minimum atomic E-state index is -4.38. The van der Waals surface area contributed by atoms with Crippen LogP contribution in [0.25, 0.3) is 10.1 Å². The Kier molecular flexibility index (Phi) is 9.71. The van der Waals surface area contributed by atoms with Gasteiger partial charge >= 0.3 is 6.18 Å². The molecule has 0 saturated carbocycles. The van der Waals surface area contributed by atoms with Gasteiger partial charge in [-0.05, 0) is 67.9 Å². The van der Waals surface area contributed by atoms with Crippen molar-refractivity contribution in [1.29, 1.82) is 0 Å². The molecule has 0 aliphatic carbocycles. The van der Waals surface area contributed by atoms with Crippen molar-refractivity contribution in [2.45, 2.75) is 38.4 Å². The number of nitrogens with zero attached hydrogens (tertiary/aromatic N) is 1. The predicted molar refractivity (Wildman–Crippen MR) is 158 cm³/mol. The summed E-state index contributed by atoms with van der Waals surface area (Å²) in [5.74, 6) is 6.05. The highest BCUT2D eigenvalue weighted by molar-refractivity contribution is 7.70. The monoisotopic (exact) mass is 595 g/mol. The molecule has 216 valence electrons. The number of nitrogens with one attached hydrogen (secondary N) is 2. The molecule has 40 heavy (non-hydrogen) atoms. The molecule has 0 bridgehead atoms. The number of benzene rings is 2. The fourth-order valence-electron chi connectivity index (χ4n) is 4.81. The highest BCUT2D eigenvalue weighted by atomic mass is 32.1. The van der Waals surface area contributed by atoms with E-state index in [0.29, 0.717) is 21.3 Å². The number of piperidine rings is 1. The molecule has 11 heteroatoms. The summed E-state index contributed by atoms with van der Waals surface area (Å²) in [7, 11) is -2.57. The lowest BCUT2D eigenvalue weighted by molar-refractivity contribution is -0.126. The second kappa shape index (κ2) is 12.8. The number of hydrogen-bond donors (Lipinski definition) is 2. The molecule has 0 spiro atoms. The molecule has 2 aromatic carbocycles. The zero-order chi connectivity index (χ0) is 28.9. The predicted octanol–water partition coefficient (Wildman–Crippen LogP) is 6.92. The molecule has 1 saturated heterocycles. The lowest BCUT2D eigenvalue weighted by Crippen LogP contribution is -2.38. The van der Waals surface area contributed by atoms with Gasteiger partial charge in [-0.15, -0.1) is 11.3 Å². The molecule has 1 aliphatic heterocycles. The number of hydrogen-bond acceptors (Lipinski definition) is 6. The van der Waals surface area contributed by atoms with Crippen LogP contribution in [0, 0.1) is 11.8 Å².